The number of carbonyl (C=O) groups is 1. The number of alkyl halides is 3. The van der Waals surface area contributed by atoms with E-state index in [0.29, 0.717) is 23.3 Å². The van der Waals surface area contributed by atoms with Gasteiger partial charge in [0.05, 0.1) is 24.7 Å². The highest BCUT2D eigenvalue weighted by molar-refractivity contribution is 7.92. The summed E-state index contributed by atoms with van der Waals surface area (Å²) in [5.41, 5.74) is -0.641. The van der Waals surface area contributed by atoms with Gasteiger partial charge in [0, 0.05) is 23.0 Å². The van der Waals surface area contributed by atoms with Crippen molar-refractivity contribution in [2.75, 3.05) is 24.3 Å². The molecule has 1 amide bonds. The van der Waals surface area contributed by atoms with E-state index in [1.165, 1.54) is 56.7 Å². The van der Waals surface area contributed by atoms with Crippen molar-refractivity contribution < 1.29 is 35.9 Å². The van der Waals surface area contributed by atoms with Crippen LogP contribution in [-0.4, -0.2) is 28.5 Å². The molecule has 0 spiro atoms. The second kappa shape index (κ2) is 9.41. The van der Waals surface area contributed by atoms with E-state index in [0.717, 1.165) is 12.1 Å². The van der Waals surface area contributed by atoms with Gasteiger partial charge >= 0.3 is 6.18 Å². The maximum Gasteiger partial charge on any atom is 0.416 e. The first kappa shape index (κ1) is 23.9. The van der Waals surface area contributed by atoms with Crippen molar-refractivity contribution in [3.8, 4) is 11.5 Å². The number of methoxy groups -OCH3 is 2. The third-order valence-electron chi connectivity index (χ3n) is 4.48. The molecule has 0 aliphatic carbocycles. The first-order valence-electron chi connectivity index (χ1n) is 9.36. The van der Waals surface area contributed by atoms with Crippen molar-refractivity contribution >= 4 is 27.3 Å². The van der Waals surface area contributed by atoms with E-state index in [9.17, 15) is 26.4 Å². The summed E-state index contributed by atoms with van der Waals surface area (Å²) >= 11 is 0. The average Bonchev–Trinajstić information content (AvgIpc) is 2.78. The summed E-state index contributed by atoms with van der Waals surface area (Å²) in [4.78, 5) is 12.3. The van der Waals surface area contributed by atoms with Crippen molar-refractivity contribution in [2.45, 2.75) is 11.1 Å². The highest BCUT2D eigenvalue weighted by Crippen LogP contribution is 2.31. The Morgan fingerprint density at radius 2 is 1.45 bits per heavy atom. The second-order valence-electron chi connectivity index (χ2n) is 6.76. The molecule has 0 saturated heterocycles. The number of benzene rings is 3. The normalized spacial score (nSPS) is 11.5. The molecule has 0 bridgehead atoms. The minimum absolute atomic E-state index is 0.194. The summed E-state index contributed by atoms with van der Waals surface area (Å²) in [5.74, 6) is 0.355. The van der Waals surface area contributed by atoms with Crippen LogP contribution in [0.15, 0.2) is 71.6 Å². The maximum absolute atomic E-state index is 12.9. The number of hydrogen-bond donors (Lipinski definition) is 2. The summed E-state index contributed by atoms with van der Waals surface area (Å²) < 4.78 is 76.0. The van der Waals surface area contributed by atoms with Crippen molar-refractivity contribution in [1.82, 2.24) is 0 Å². The smallest absolute Gasteiger partial charge is 0.416 e. The lowest BCUT2D eigenvalue weighted by atomic mass is 10.2. The number of rotatable bonds is 7. The van der Waals surface area contributed by atoms with Crippen LogP contribution in [0.1, 0.15) is 15.9 Å². The fraction of sp³-hybridized carbons (Fsp3) is 0.136. The third-order valence-corrected chi connectivity index (χ3v) is 5.88. The molecule has 0 atom stereocenters. The summed E-state index contributed by atoms with van der Waals surface area (Å²) in [6.07, 6.45) is -4.60. The molecule has 2 N–H and O–H groups in total. The Kier molecular flexibility index (Phi) is 6.82. The number of ether oxygens (including phenoxy) is 2. The molecule has 0 unspecified atom stereocenters. The fourth-order valence-electron chi connectivity index (χ4n) is 2.83. The lowest BCUT2D eigenvalue weighted by Gasteiger charge is -2.12. The number of carbonyl (C=O) groups excluding carboxylic acids is 1. The zero-order chi connectivity index (χ0) is 24.2. The minimum Gasteiger partial charge on any atom is -0.497 e. The van der Waals surface area contributed by atoms with Crippen LogP contribution in [-0.2, 0) is 16.2 Å². The quantitative estimate of drug-likeness (QED) is 0.508. The van der Waals surface area contributed by atoms with E-state index >= 15 is 0 Å². The number of nitrogens with one attached hydrogen (secondary N) is 2. The Morgan fingerprint density at radius 3 is 2.00 bits per heavy atom. The van der Waals surface area contributed by atoms with Crippen LogP contribution in [0.25, 0.3) is 0 Å². The molecule has 0 radical (unpaired) electrons. The molecule has 0 aliphatic rings. The predicted octanol–water partition coefficient (Wildman–Crippen LogP) is 4.78. The van der Waals surface area contributed by atoms with E-state index in [1.807, 2.05) is 0 Å². The summed E-state index contributed by atoms with van der Waals surface area (Å²) in [6, 6.07) is 13.6. The molecule has 3 rings (SSSR count). The number of hydrogen-bond acceptors (Lipinski definition) is 5. The fourth-order valence-corrected chi connectivity index (χ4v) is 3.88. The van der Waals surface area contributed by atoms with Crippen LogP contribution in [0.5, 0.6) is 11.5 Å². The van der Waals surface area contributed by atoms with Crippen LogP contribution in [0.2, 0.25) is 0 Å². The van der Waals surface area contributed by atoms with Crippen molar-refractivity contribution in [1.29, 1.82) is 0 Å². The van der Waals surface area contributed by atoms with Gasteiger partial charge in [0.1, 0.15) is 11.5 Å². The van der Waals surface area contributed by atoms with E-state index in [2.05, 4.69) is 10.0 Å². The van der Waals surface area contributed by atoms with Gasteiger partial charge in [0.2, 0.25) is 0 Å². The molecule has 33 heavy (non-hydrogen) atoms. The summed E-state index contributed by atoms with van der Waals surface area (Å²) in [5, 5.41) is 2.62. The molecule has 0 fully saturated rings. The van der Waals surface area contributed by atoms with Crippen molar-refractivity contribution in [3.05, 3.63) is 77.9 Å². The van der Waals surface area contributed by atoms with Crippen LogP contribution < -0.4 is 19.5 Å². The monoisotopic (exact) mass is 480 g/mol. The van der Waals surface area contributed by atoms with Crippen LogP contribution in [0, 0.1) is 0 Å². The van der Waals surface area contributed by atoms with E-state index in [-0.39, 0.29) is 16.1 Å². The molecule has 7 nitrogen and oxygen atoms in total. The summed E-state index contributed by atoms with van der Waals surface area (Å²) in [6.45, 7) is 0. The molecule has 0 saturated carbocycles. The van der Waals surface area contributed by atoms with Gasteiger partial charge in [-0.1, -0.05) is 6.07 Å². The van der Waals surface area contributed by atoms with E-state index < -0.39 is 27.7 Å². The van der Waals surface area contributed by atoms with Crippen molar-refractivity contribution in [3.63, 3.8) is 0 Å². The minimum atomic E-state index is -4.60. The molecule has 174 valence electrons. The zero-order valence-corrected chi connectivity index (χ0v) is 18.3. The lowest BCUT2D eigenvalue weighted by Crippen LogP contribution is -2.15. The van der Waals surface area contributed by atoms with E-state index in [1.54, 1.807) is 6.07 Å². The largest absolute Gasteiger partial charge is 0.497 e. The number of halogens is 3. The van der Waals surface area contributed by atoms with Gasteiger partial charge < -0.3 is 14.8 Å². The van der Waals surface area contributed by atoms with Gasteiger partial charge in [-0.2, -0.15) is 13.2 Å². The van der Waals surface area contributed by atoms with Gasteiger partial charge in [-0.15, -0.1) is 0 Å². The molecule has 3 aromatic carbocycles. The van der Waals surface area contributed by atoms with Crippen LogP contribution in [0.4, 0.5) is 24.5 Å². The first-order valence-corrected chi connectivity index (χ1v) is 10.8. The maximum atomic E-state index is 12.9. The Balaban J connectivity index is 1.75. The first-order chi connectivity index (χ1) is 15.5. The van der Waals surface area contributed by atoms with Crippen LogP contribution >= 0.6 is 0 Å². The molecule has 11 heteroatoms. The Bertz CT molecular complexity index is 1240. The predicted molar refractivity (Wildman–Crippen MR) is 116 cm³/mol. The highest BCUT2D eigenvalue weighted by Gasteiger charge is 2.30. The Morgan fingerprint density at radius 1 is 0.848 bits per heavy atom. The molecular formula is C22H19F3N2O5S. The highest BCUT2D eigenvalue weighted by atomic mass is 32.2. The lowest BCUT2D eigenvalue weighted by molar-refractivity contribution is -0.137. The van der Waals surface area contributed by atoms with Gasteiger partial charge in [-0.05, 0) is 54.6 Å². The topological polar surface area (TPSA) is 93.7 Å². The van der Waals surface area contributed by atoms with Crippen LogP contribution in [0.3, 0.4) is 0 Å². The average molecular weight is 480 g/mol. The summed E-state index contributed by atoms with van der Waals surface area (Å²) in [7, 11) is -1.26. The zero-order valence-electron chi connectivity index (χ0n) is 17.4. The van der Waals surface area contributed by atoms with Gasteiger partial charge in [-0.25, -0.2) is 8.42 Å². The molecular weight excluding hydrogens is 461 g/mol. The molecule has 0 heterocycles. The second-order valence-corrected chi connectivity index (χ2v) is 8.45. The third kappa shape index (κ3) is 5.95. The van der Waals surface area contributed by atoms with E-state index in [4.69, 9.17) is 9.47 Å². The molecule has 0 aromatic heterocycles. The SMILES string of the molecule is COc1cc(OC)cc(C(=O)Nc2ccc(S(=O)(=O)Nc3cccc(C(F)(F)F)c3)cc2)c1. The Hall–Kier alpha value is -3.73. The number of anilines is 2. The number of sulfonamides is 1. The van der Waals surface area contributed by atoms with Gasteiger partial charge in [0.15, 0.2) is 0 Å². The molecule has 3 aromatic rings. The van der Waals surface area contributed by atoms with Gasteiger partial charge in [0.25, 0.3) is 15.9 Å². The van der Waals surface area contributed by atoms with Crippen molar-refractivity contribution in [2.24, 2.45) is 0 Å². The van der Waals surface area contributed by atoms with Gasteiger partial charge in [-0.3, -0.25) is 9.52 Å². The molecule has 0 aliphatic heterocycles. The number of amides is 1. The standard InChI is InChI=1S/C22H19F3N2O5S/c1-31-18-10-14(11-19(13-18)32-2)21(28)26-16-6-8-20(9-7-16)33(29,30)27-17-5-3-4-15(12-17)22(23,24)25/h3-13,27H,1-2H3,(H,26,28). The Labute approximate surface area is 188 Å².